The first-order valence-electron chi connectivity index (χ1n) is 7.73. The van der Waals surface area contributed by atoms with E-state index in [4.69, 9.17) is 4.74 Å². The van der Waals surface area contributed by atoms with Gasteiger partial charge in [0, 0.05) is 6.54 Å². The largest absolute Gasteiger partial charge is 0.487 e. The standard InChI is InChI=1S/C18H24N2O/c1-3-5-7-15-10-12-17(13-11-15)21-14-16-8-6-9-18(20-16)19-4-2/h6,8-13H,3-5,7,14H2,1-2H3,(H,19,20). The van der Waals surface area contributed by atoms with Gasteiger partial charge in [-0.1, -0.05) is 31.5 Å². The van der Waals surface area contributed by atoms with E-state index in [9.17, 15) is 0 Å². The Balaban J connectivity index is 1.88. The molecule has 0 bridgehead atoms. The number of nitrogens with zero attached hydrogens (tertiary/aromatic N) is 1. The molecule has 0 aliphatic heterocycles. The summed E-state index contributed by atoms with van der Waals surface area (Å²) in [5.41, 5.74) is 2.31. The van der Waals surface area contributed by atoms with Crippen molar-refractivity contribution in [3.8, 4) is 5.75 Å². The SMILES string of the molecule is CCCCc1ccc(OCc2cccc(NCC)n2)cc1. The lowest BCUT2D eigenvalue weighted by molar-refractivity contribution is 0.301. The van der Waals surface area contributed by atoms with Gasteiger partial charge in [0.15, 0.2) is 0 Å². The van der Waals surface area contributed by atoms with Crippen LogP contribution in [0.15, 0.2) is 42.5 Å². The molecule has 2 aromatic rings. The second kappa shape index (κ2) is 8.30. The van der Waals surface area contributed by atoms with E-state index in [-0.39, 0.29) is 0 Å². The van der Waals surface area contributed by atoms with Crippen molar-refractivity contribution in [3.05, 3.63) is 53.7 Å². The van der Waals surface area contributed by atoms with E-state index in [0.717, 1.165) is 30.2 Å². The topological polar surface area (TPSA) is 34.1 Å². The summed E-state index contributed by atoms with van der Waals surface area (Å²) in [5.74, 6) is 1.79. The number of aryl methyl sites for hydroxylation is 1. The summed E-state index contributed by atoms with van der Waals surface area (Å²) >= 11 is 0. The van der Waals surface area contributed by atoms with Gasteiger partial charge in [-0.3, -0.25) is 0 Å². The molecule has 0 amide bonds. The van der Waals surface area contributed by atoms with Crippen LogP contribution in [0.4, 0.5) is 5.82 Å². The highest BCUT2D eigenvalue weighted by Gasteiger charge is 2.00. The highest BCUT2D eigenvalue weighted by Crippen LogP contribution is 2.15. The average Bonchev–Trinajstić information content (AvgIpc) is 2.53. The van der Waals surface area contributed by atoms with Crippen LogP contribution in [0.3, 0.4) is 0 Å². The lowest BCUT2D eigenvalue weighted by Crippen LogP contribution is -2.03. The maximum absolute atomic E-state index is 5.79. The summed E-state index contributed by atoms with van der Waals surface area (Å²) in [5, 5.41) is 3.21. The van der Waals surface area contributed by atoms with E-state index in [2.05, 4.69) is 36.3 Å². The van der Waals surface area contributed by atoms with E-state index < -0.39 is 0 Å². The minimum atomic E-state index is 0.494. The van der Waals surface area contributed by atoms with Crippen LogP contribution in [0.5, 0.6) is 5.75 Å². The molecule has 1 aromatic carbocycles. The zero-order chi connectivity index (χ0) is 14.9. The Morgan fingerprint density at radius 1 is 1.05 bits per heavy atom. The van der Waals surface area contributed by atoms with Crippen molar-refractivity contribution < 1.29 is 4.74 Å². The molecule has 0 unspecified atom stereocenters. The summed E-state index contributed by atoms with van der Waals surface area (Å²) < 4.78 is 5.79. The first-order chi connectivity index (χ1) is 10.3. The van der Waals surface area contributed by atoms with Crippen LogP contribution < -0.4 is 10.1 Å². The fourth-order valence-electron chi connectivity index (χ4n) is 2.13. The molecular formula is C18H24N2O. The molecule has 21 heavy (non-hydrogen) atoms. The first-order valence-corrected chi connectivity index (χ1v) is 7.73. The number of aromatic nitrogens is 1. The molecule has 0 saturated heterocycles. The summed E-state index contributed by atoms with van der Waals surface area (Å²) in [6.45, 7) is 5.64. The molecule has 0 fully saturated rings. The Morgan fingerprint density at radius 2 is 1.86 bits per heavy atom. The predicted octanol–water partition coefficient (Wildman–Crippen LogP) is 4.44. The molecule has 1 heterocycles. The minimum Gasteiger partial charge on any atom is -0.487 e. The van der Waals surface area contributed by atoms with Gasteiger partial charge in [0.25, 0.3) is 0 Å². The van der Waals surface area contributed by atoms with Gasteiger partial charge in [-0.15, -0.1) is 0 Å². The highest BCUT2D eigenvalue weighted by molar-refractivity contribution is 5.35. The molecule has 0 spiro atoms. The van der Waals surface area contributed by atoms with Gasteiger partial charge in [0.2, 0.25) is 0 Å². The van der Waals surface area contributed by atoms with Crippen LogP contribution in [0.25, 0.3) is 0 Å². The summed E-state index contributed by atoms with van der Waals surface area (Å²) in [4.78, 5) is 4.50. The minimum absolute atomic E-state index is 0.494. The Kier molecular flexibility index (Phi) is 6.07. The Bertz CT molecular complexity index is 537. The third kappa shape index (κ3) is 5.10. The lowest BCUT2D eigenvalue weighted by Gasteiger charge is -2.08. The lowest BCUT2D eigenvalue weighted by atomic mass is 10.1. The molecule has 0 radical (unpaired) electrons. The maximum Gasteiger partial charge on any atom is 0.130 e. The third-order valence-corrected chi connectivity index (χ3v) is 3.29. The average molecular weight is 284 g/mol. The molecule has 2 rings (SSSR count). The summed E-state index contributed by atoms with van der Waals surface area (Å²) in [6.07, 6.45) is 3.61. The number of benzene rings is 1. The van der Waals surface area contributed by atoms with Crippen LogP contribution in [-0.4, -0.2) is 11.5 Å². The zero-order valence-electron chi connectivity index (χ0n) is 12.9. The van der Waals surface area contributed by atoms with Crippen molar-refractivity contribution in [1.82, 2.24) is 4.98 Å². The zero-order valence-corrected chi connectivity index (χ0v) is 12.9. The molecule has 0 saturated carbocycles. The van der Waals surface area contributed by atoms with Gasteiger partial charge in [-0.25, -0.2) is 4.98 Å². The predicted molar refractivity (Wildman–Crippen MR) is 87.8 cm³/mol. The Labute approximate surface area is 127 Å². The second-order valence-electron chi connectivity index (χ2n) is 5.08. The maximum atomic E-state index is 5.79. The van der Waals surface area contributed by atoms with Crippen LogP contribution in [-0.2, 0) is 13.0 Å². The fourth-order valence-corrected chi connectivity index (χ4v) is 2.13. The fraction of sp³-hybridized carbons (Fsp3) is 0.389. The molecule has 1 aromatic heterocycles. The van der Waals surface area contributed by atoms with E-state index in [1.165, 1.54) is 18.4 Å². The van der Waals surface area contributed by atoms with Crippen molar-refractivity contribution in [3.63, 3.8) is 0 Å². The van der Waals surface area contributed by atoms with E-state index >= 15 is 0 Å². The van der Waals surface area contributed by atoms with E-state index in [0.29, 0.717) is 6.61 Å². The van der Waals surface area contributed by atoms with Gasteiger partial charge in [-0.05, 0) is 49.6 Å². The van der Waals surface area contributed by atoms with Gasteiger partial charge in [0.05, 0.1) is 5.69 Å². The number of hydrogen-bond donors (Lipinski definition) is 1. The monoisotopic (exact) mass is 284 g/mol. The van der Waals surface area contributed by atoms with Crippen LogP contribution in [0.2, 0.25) is 0 Å². The molecule has 0 aliphatic carbocycles. The summed E-state index contributed by atoms with van der Waals surface area (Å²) in [6, 6.07) is 14.3. The van der Waals surface area contributed by atoms with Crippen molar-refractivity contribution in [2.45, 2.75) is 39.7 Å². The molecule has 112 valence electrons. The number of ether oxygens (including phenoxy) is 1. The van der Waals surface area contributed by atoms with Gasteiger partial charge in [0.1, 0.15) is 18.2 Å². The highest BCUT2D eigenvalue weighted by atomic mass is 16.5. The number of anilines is 1. The molecule has 3 heteroatoms. The summed E-state index contributed by atoms with van der Waals surface area (Å²) in [7, 11) is 0. The van der Waals surface area contributed by atoms with E-state index in [1.54, 1.807) is 0 Å². The van der Waals surface area contributed by atoms with Crippen molar-refractivity contribution in [1.29, 1.82) is 0 Å². The van der Waals surface area contributed by atoms with Gasteiger partial charge < -0.3 is 10.1 Å². The Hall–Kier alpha value is -2.03. The third-order valence-electron chi connectivity index (χ3n) is 3.29. The molecule has 1 N–H and O–H groups in total. The second-order valence-corrected chi connectivity index (χ2v) is 5.08. The van der Waals surface area contributed by atoms with Crippen LogP contribution in [0, 0.1) is 0 Å². The molecule has 0 aliphatic rings. The number of pyridine rings is 1. The van der Waals surface area contributed by atoms with Crippen LogP contribution in [0.1, 0.15) is 37.9 Å². The number of nitrogens with one attached hydrogen (secondary N) is 1. The Morgan fingerprint density at radius 3 is 2.57 bits per heavy atom. The molecular weight excluding hydrogens is 260 g/mol. The molecule has 0 atom stereocenters. The van der Waals surface area contributed by atoms with Crippen molar-refractivity contribution in [2.24, 2.45) is 0 Å². The van der Waals surface area contributed by atoms with Crippen molar-refractivity contribution >= 4 is 5.82 Å². The first kappa shape index (κ1) is 15.4. The van der Waals surface area contributed by atoms with Crippen molar-refractivity contribution in [2.75, 3.05) is 11.9 Å². The van der Waals surface area contributed by atoms with Gasteiger partial charge in [-0.2, -0.15) is 0 Å². The number of hydrogen-bond acceptors (Lipinski definition) is 3. The van der Waals surface area contributed by atoms with Gasteiger partial charge >= 0.3 is 0 Å². The van der Waals surface area contributed by atoms with Crippen LogP contribution >= 0.6 is 0 Å². The molecule has 3 nitrogen and oxygen atoms in total. The normalized spacial score (nSPS) is 10.4. The quantitative estimate of drug-likeness (QED) is 0.778. The smallest absolute Gasteiger partial charge is 0.130 e. The number of unbranched alkanes of at least 4 members (excludes halogenated alkanes) is 1. The number of rotatable bonds is 8. The van der Waals surface area contributed by atoms with E-state index in [1.807, 2.05) is 30.3 Å².